The van der Waals surface area contributed by atoms with E-state index < -0.39 is 0 Å². The van der Waals surface area contributed by atoms with Crippen LogP contribution in [-0.4, -0.2) is 29.6 Å². The smallest absolute Gasteiger partial charge is 0.257 e. The van der Waals surface area contributed by atoms with Crippen molar-refractivity contribution in [2.75, 3.05) is 6.61 Å². The average Bonchev–Trinajstić information content (AvgIpc) is 3.14. The van der Waals surface area contributed by atoms with Crippen molar-refractivity contribution in [3.63, 3.8) is 0 Å². The van der Waals surface area contributed by atoms with Gasteiger partial charge in [-0.05, 0) is 38.3 Å². The summed E-state index contributed by atoms with van der Waals surface area (Å²) in [6, 6.07) is 7.36. The standard InChI is InChI=1S/C20H24N2O3/c1-2-25-17-11-16(20(17)9-5-6-10-20)22-19(24)14-12-21-15-8-4-3-7-13(15)18(14)23/h3-4,7-8,12,16-17H,2,5-6,9-11H2,1H3,(H,21,23)(H,22,24)/t16-,17+/m1/s1. The molecule has 2 atom stereocenters. The first-order chi connectivity index (χ1) is 12.2. The van der Waals surface area contributed by atoms with E-state index in [4.69, 9.17) is 4.74 Å². The van der Waals surface area contributed by atoms with E-state index in [0.717, 1.165) is 24.8 Å². The highest BCUT2D eigenvalue weighted by atomic mass is 16.5. The number of benzene rings is 1. The fraction of sp³-hybridized carbons (Fsp3) is 0.500. The molecule has 1 aromatic carbocycles. The molecule has 2 N–H and O–H groups in total. The number of carbonyl (C=O) groups is 1. The van der Waals surface area contributed by atoms with Crippen LogP contribution in [0.4, 0.5) is 0 Å². The van der Waals surface area contributed by atoms with Crippen LogP contribution in [0.25, 0.3) is 10.9 Å². The topological polar surface area (TPSA) is 71.2 Å². The first-order valence-corrected chi connectivity index (χ1v) is 9.18. The predicted octanol–water partition coefficient (Wildman–Crippen LogP) is 3.00. The van der Waals surface area contributed by atoms with Crippen molar-refractivity contribution in [1.29, 1.82) is 0 Å². The number of aromatic nitrogens is 1. The molecule has 2 fully saturated rings. The lowest BCUT2D eigenvalue weighted by Crippen LogP contribution is -2.63. The Labute approximate surface area is 146 Å². The number of carbonyl (C=O) groups excluding carboxylic acids is 1. The van der Waals surface area contributed by atoms with Crippen molar-refractivity contribution in [2.24, 2.45) is 5.41 Å². The number of para-hydroxylation sites is 1. The number of rotatable bonds is 4. The fourth-order valence-electron chi connectivity index (χ4n) is 4.66. The normalized spacial score (nSPS) is 24.4. The molecule has 1 amide bonds. The van der Waals surface area contributed by atoms with Gasteiger partial charge < -0.3 is 15.0 Å². The van der Waals surface area contributed by atoms with Gasteiger partial charge in [0.1, 0.15) is 5.56 Å². The summed E-state index contributed by atoms with van der Waals surface area (Å²) in [7, 11) is 0. The zero-order valence-corrected chi connectivity index (χ0v) is 14.5. The van der Waals surface area contributed by atoms with Crippen molar-refractivity contribution < 1.29 is 9.53 Å². The molecule has 1 heterocycles. The summed E-state index contributed by atoms with van der Waals surface area (Å²) in [6.45, 7) is 2.72. The van der Waals surface area contributed by atoms with Gasteiger partial charge in [0.2, 0.25) is 5.43 Å². The number of aromatic amines is 1. The molecule has 0 radical (unpaired) electrons. The Morgan fingerprint density at radius 3 is 2.84 bits per heavy atom. The Hall–Kier alpha value is -2.14. The van der Waals surface area contributed by atoms with Crippen LogP contribution in [-0.2, 0) is 4.74 Å². The maximum absolute atomic E-state index is 12.7. The molecule has 1 spiro atoms. The van der Waals surface area contributed by atoms with Gasteiger partial charge in [-0.25, -0.2) is 0 Å². The highest BCUT2D eigenvalue weighted by molar-refractivity contribution is 5.97. The van der Waals surface area contributed by atoms with E-state index >= 15 is 0 Å². The average molecular weight is 340 g/mol. The molecule has 0 bridgehead atoms. The summed E-state index contributed by atoms with van der Waals surface area (Å²) >= 11 is 0. The van der Waals surface area contributed by atoms with E-state index in [9.17, 15) is 9.59 Å². The van der Waals surface area contributed by atoms with Gasteiger partial charge in [0.05, 0.1) is 6.10 Å². The third-order valence-corrected chi connectivity index (χ3v) is 6.03. The Bertz CT molecular complexity index is 851. The monoisotopic (exact) mass is 340 g/mol. The van der Waals surface area contributed by atoms with E-state index in [2.05, 4.69) is 10.3 Å². The van der Waals surface area contributed by atoms with Crippen LogP contribution in [0.2, 0.25) is 0 Å². The predicted molar refractivity (Wildman–Crippen MR) is 96.8 cm³/mol. The summed E-state index contributed by atoms with van der Waals surface area (Å²) in [4.78, 5) is 28.4. The number of ether oxygens (including phenoxy) is 1. The van der Waals surface area contributed by atoms with Gasteiger partial charge in [0.15, 0.2) is 0 Å². The lowest BCUT2D eigenvalue weighted by Gasteiger charge is -2.54. The summed E-state index contributed by atoms with van der Waals surface area (Å²) in [6.07, 6.45) is 7.16. The van der Waals surface area contributed by atoms with Gasteiger partial charge in [-0.3, -0.25) is 9.59 Å². The second-order valence-corrected chi connectivity index (χ2v) is 7.22. The minimum Gasteiger partial charge on any atom is -0.378 e. The van der Waals surface area contributed by atoms with Crippen LogP contribution >= 0.6 is 0 Å². The van der Waals surface area contributed by atoms with E-state index in [1.165, 1.54) is 19.0 Å². The van der Waals surface area contributed by atoms with Crippen LogP contribution in [0.1, 0.15) is 49.4 Å². The molecule has 2 saturated carbocycles. The molecule has 0 unspecified atom stereocenters. The zero-order valence-electron chi connectivity index (χ0n) is 14.5. The Balaban J connectivity index is 1.57. The van der Waals surface area contributed by atoms with Gasteiger partial charge in [-0.1, -0.05) is 25.0 Å². The second-order valence-electron chi connectivity index (χ2n) is 7.22. The number of H-pyrrole nitrogens is 1. The van der Waals surface area contributed by atoms with E-state index in [1.807, 2.05) is 25.1 Å². The third kappa shape index (κ3) is 2.58. The Kier molecular flexibility index (Phi) is 4.12. The number of pyridine rings is 1. The minimum absolute atomic E-state index is 0.0648. The molecule has 5 nitrogen and oxygen atoms in total. The maximum Gasteiger partial charge on any atom is 0.257 e. The summed E-state index contributed by atoms with van der Waals surface area (Å²) in [5.74, 6) is -0.279. The van der Waals surface area contributed by atoms with E-state index in [1.54, 1.807) is 6.07 Å². The van der Waals surface area contributed by atoms with Crippen LogP contribution in [0.5, 0.6) is 0 Å². The Morgan fingerprint density at radius 2 is 2.08 bits per heavy atom. The Morgan fingerprint density at radius 1 is 1.32 bits per heavy atom. The van der Waals surface area contributed by atoms with E-state index in [0.29, 0.717) is 12.0 Å². The minimum atomic E-state index is -0.279. The second kappa shape index (κ2) is 6.30. The highest BCUT2D eigenvalue weighted by Crippen LogP contribution is 2.54. The molecule has 1 aromatic heterocycles. The third-order valence-electron chi connectivity index (χ3n) is 6.03. The van der Waals surface area contributed by atoms with E-state index in [-0.39, 0.29) is 34.5 Å². The molecule has 2 aliphatic carbocycles. The number of hydrogen-bond donors (Lipinski definition) is 2. The molecule has 4 rings (SSSR count). The first kappa shape index (κ1) is 16.3. The first-order valence-electron chi connectivity index (χ1n) is 9.18. The highest BCUT2D eigenvalue weighted by Gasteiger charge is 2.57. The van der Waals surface area contributed by atoms with Gasteiger partial charge >= 0.3 is 0 Å². The fourth-order valence-corrected chi connectivity index (χ4v) is 4.66. The van der Waals surface area contributed by atoms with Crippen LogP contribution < -0.4 is 10.7 Å². The van der Waals surface area contributed by atoms with Crippen molar-refractivity contribution in [3.8, 4) is 0 Å². The molecular weight excluding hydrogens is 316 g/mol. The molecular formula is C20H24N2O3. The number of nitrogens with one attached hydrogen (secondary N) is 2. The lowest BCUT2D eigenvalue weighted by atomic mass is 9.60. The molecule has 25 heavy (non-hydrogen) atoms. The number of hydrogen-bond acceptors (Lipinski definition) is 3. The van der Waals surface area contributed by atoms with Crippen molar-refractivity contribution >= 4 is 16.8 Å². The van der Waals surface area contributed by atoms with Crippen LogP contribution in [0.3, 0.4) is 0 Å². The summed E-state index contributed by atoms with van der Waals surface area (Å²) in [5.41, 5.74) is 0.783. The van der Waals surface area contributed by atoms with Crippen LogP contribution in [0.15, 0.2) is 35.3 Å². The van der Waals surface area contributed by atoms with Crippen LogP contribution in [0, 0.1) is 5.41 Å². The number of amides is 1. The van der Waals surface area contributed by atoms with Gasteiger partial charge in [-0.2, -0.15) is 0 Å². The molecule has 5 heteroatoms. The van der Waals surface area contributed by atoms with Crippen molar-refractivity contribution in [3.05, 3.63) is 46.2 Å². The summed E-state index contributed by atoms with van der Waals surface area (Å²) < 4.78 is 5.90. The zero-order chi connectivity index (χ0) is 17.4. The van der Waals surface area contributed by atoms with Crippen molar-refractivity contribution in [2.45, 2.75) is 51.2 Å². The summed E-state index contributed by atoms with van der Waals surface area (Å²) in [5, 5.41) is 3.67. The lowest BCUT2D eigenvalue weighted by molar-refractivity contribution is -0.127. The quantitative estimate of drug-likeness (QED) is 0.899. The number of fused-ring (bicyclic) bond motifs is 1. The maximum atomic E-state index is 12.7. The SMILES string of the molecule is CCO[C@H]1C[C@@H](NC(=O)c2c[nH]c3ccccc3c2=O)C12CCCC2. The molecule has 2 aromatic rings. The molecule has 132 valence electrons. The van der Waals surface area contributed by atoms with Crippen molar-refractivity contribution in [1.82, 2.24) is 10.3 Å². The van der Waals surface area contributed by atoms with Gasteiger partial charge in [0, 0.05) is 35.2 Å². The molecule has 0 saturated heterocycles. The van der Waals surface area contributed by atoms with Gasteiger partial charge in [0.25, 0.3) is 5.91 Å². The van der Waals surface area contributed by atoms with Gasteiger partial charge in [-0.15, -0.1) is 0 Å². The molecule has 2 aliphatic rings. The molecule has 0 aliphatic heterocycles. The largest absolute Gasteiger partial charge is 0.378 e.